The standard InChI is InChI=1S/C21H29NO3S/c1-15(2)19-10-8-18(9-11-19)7-6-12-22-26(23,24)21-14-16(3)20(25-5)13-17(21)4/h8-11,13-15,22H,6-7,12H2,1-5H3. The smallest absolute Gasteiger partial charge is 0.240 e. The fraction of sp³-hybridized carbons (Fsp3) is 0.429. The lowest BCUT2D eigenvalue weighted by Gasteiger charge is -2.13. The fourth-order valence-electron chi connectivity index (χ4n) is 2.92. The van der Waals surface area contributed by atoms with Gasteiger partial charge in [0.2, 0.25) is 10.0 Å². The molecule has 0 aliphatic heterocycles. The van der Waals surface area contributed by atoms with Gasteiger partial charge in [0.25, 0.3) is 0 Å². The minimum absolute atomic E-state index is 0.317. The van der Waals surface area contributed by atoms with Crippen molar-refractivity contribution in [3.05, 3.63) is 58.7 Å². The zero-order chi connectivity index (χ0) is 19.3. The highest BCUT2D eigenvalue weighted by Crippen LogP contribution is 2.25. The summed E-state index contributed by atoms with van der Waals surface area (Å²) in [7, 11) is -1.93. The second kappa shape index (κ2) is 8.69. The van der Waals surface area contributed by atoms with Gasteiger partial charge in [-0.15, -0.1) is 0 Å². The molecule has 0 fully saturated rings. The number of methoxy groups -OCH3 is 1. The molecule has 2 aromatic carbocycles. The van der Waals surface area contributed by atoms with Crippen LogP contribution >= 0.6 is 0 Å². The lowest BCUT2D eigenvalue weighted by molar-refractivity contribution is 0.411. The maximum absolute atomic E-state index is 12.6. The van der Waals surface area contributed by atoms with Gasteiger partial charge >= 0.3 is 0 Å². The van der Waals surface area contributed by atoms with E-state index in [4.69, 9.17) is 4.74 Å². The van der Waals surface area contributed by atoms with Gasteiger partial charge in [-0.05, 0) is 67.0 Å². The summed E-state index contributed by atoms with van der Waals surface area (Å²) in [5, 5.41) is 0. The number of nitrogens with one attached hydrogen (secondary N) is 1. The molecule has 0 bridgehead atoms. The van der Waals surface area contributed by atoms with Crippen molar-refractivity contribution in [2.75, 3.05) is 13.7 Å². The van der Waals surface area contributed by atoms with Crippen molar-refractivity contribution in [1.29, 1.82) is 0 Å². The molecule has 2 rings (SSSR count). The third-order valence-electron chi connectivity index (χ3n) is 4.56. The second-order valence-corrected chi connectivity index (χ2v) is 8.72. The van der Waals surface area contributed by atoms with E-state index in [1.54, 1.807) is 26.2 Å². The van der Waals surface area contributed by atoms with Crippen molar-refractivity contribution in [2.24, 2.45) is 0 Å². The number of hydrogen-bond acceptors (Lipinski definition) is 3. The van der Waals surface area contributed by atoms with Crippen LogP contribution in [-0.2, 0) is 16.4 Å². The summed E-state index contributed by atoms with van der Waals surface area (Å²) in [4.78, 5) is 0.317. The Hall–Kier alpha value is -1.85. The van der Waals surface area contributed by atoms with Crippen LogP contribution in [0.25, 0.3) is 0 Å². The molecule has 0 aliphatic rings. The molecule has 0 radical (unpaired) electrons. The number of hydrogen-bond donors (Lipinski definition) is 1. The van der Waals surface area contributed by atoms with Gasteiger partial charge in [-0.2, -0.15) is 0 Å². The number of benzene rings is 2. The van der Waals surface area contributed by atoms with Gasteiger partial charge in [0.15, 0.2) is 0 Å². The molecule has 0 aliphatic carbocycles. The Bertz CT molecular complexity index is 840. The Labute approximate surface area is 157 Å². The first-order valence-electron chi connectivity index (χ1n) is 8.98. The highest BCUT2D eigenvalue weighted by Gasteiger charge is 2.18. The number of sulfonamides is 1. The Balaban J connectivity index is 1.95. The van der Waals surface area contributed by atoms with E-state index in [9.17, 15) is 8.42 Å². The molecule has 0 atom stereocenters. The average Bonchev–Trinajstić information content (AvgIpc) is 2.60. The van der Waals surface area contributed by atoms with Gasteiger partial charge < -0.3 is 4.74 Å². The number of ether oxygens (including phenoxy) is 1. The van der Waals surface area contributed by atoms with Crippen LogP contribution in [0.15, 0.2) is 41.3 Å². The van der Waals surface area contributed by atoms with Gasteiger partial charge in [-0.25, -0.2) is 13.1 Å². The van der Waals surface area contributed by atoms with E-state index in [-0.39, 0.29) is 0 Å². The van der Waals surface area contributed by atoms with Gasteiger partial charge in [0.05, 0.1) is 12.0 Å². The lowest BCUT2D eigenvalue weighted by Crippen LogP contribution is -2.26. The van der Waals surface area contributed by atoms with Crippen LogP contribution in [0, 0.1) is 13.8 Å². The number of aryl methyl sites for hydroxylation is 3. The molecule has 26 heavy (non-hydrogen) atoms. The molecule has 142 valence electrons. The summed E-state index contributed by atoms with van der Waals surface area (Å²) < 4.78 is 33.1. The molecular weight excluding hydrogens is 346 g/mol. The molecule has 0 amide bonds. The minimum Gasteiger partial charge on any atom is -0.496 e. The summed E-state index contributed by atoms with van der Waals surface area (Å²) >= 11 is 0. The predicted octanol–water partition coefficient (Wildman–Crippen LogP) is 4.35. The molecule has 0 saturated carbocycles. The zero-order valence-corrected chi connectivity index (χ0v) is 17.1. The first-order valence-corrected chi connectivity index (χ1v) is 10.5. The van der Waals surface area contributed by atoms with E-state index in [0.29, 0.717) is 28.7 Å². The lowest BCUT2D eigenvalue weighted by atomic mass is 10.0. The van der Waals surface area contributed by atoms with Gasteiger partial charge in [-0.3, -0.25) is 0 Å². The van der Waals surface area contributed by atoms with Crippen LogP contribution < -0.4 is 9.46 Å². The molecule has 0 spiro atoms. The van der Waals surface area contributed by atoms with Crippen LogP contribution in [0.5, 0.6) is 5.75 Å². The normalized spacial score (nSPS) is 11.8. The van der Waals surface area contributed by atoms with Crippen LogP contribution in [0.3, 0.4) is 0 Å². The van der Waals surface area contributed by atoms with Crippen molar-refractivity contribution in [3.63, 3.8) is 0 Å². The summed E-state index contributed by atoms with van der Waals surface area (Å²) in [5.41, 5.74) is 4.04. The minimum atomic E-state index is -3.52. The molecule has 0 unspecified atom stereocenters. The summed E-state index contributed by atoms with van der Waals surface area (Å²) in [6.45, 7) is 8.39. The van der Waals surface area contributed by atoms with Gasteiger partial charge in [-0.1, -0.05) is 38.1 Å². The second-order valence-electron chi connectivity index (χ2n) is 6.98. The van der Waals surface area contributed by atoms with Crippen LogP contribution in [0.4, 0.5) is 0 Å². The van der Waals surface area contributed by atoms with Gasteiger partial charge in [0.1, 0.15) is 5.75 Å². The molecule has 0 saturated heterocycles. The van der Waals surface area contributed by atoms with E-state index in [2.05, 4.69) is 42.8 Å². The van der Waals surface area contributed by atoms with E-state index in [1.807, 2.05) is 6.92 Å². The van der Waals surface area contributed by atoms with Crippen LogP contribution in [0.1, 0.15) is 48.4 Å². The fourth-order valence-corrected chi connectivity index (χ4v) is 4.30. The van der Waals surface area contributed by atoms with E-state index >= 15 is 0 Å². The predicted molar refractivity (Wildman–Crippen MR) is 107 cm³/mol. The Morgan fingerprint density at radius 2 is 1.69 bits per heavy atom. The Morgan fingerprint density at radius 1 is 1.04 bits per heavy atom. The Kier molecular flexibility index (Phi) is 6.84. The van der Waals surface area contributed by atoms with Crippen molar-refractivity contribution >= 4 is 10.0 Å². The maximum Gasteiger partial charge on any atom is 0.240 e. The van der Waals surface area contributed by atoms with E-state index in [0.717, 1.165) is 18.4 Å². The first-order chi connectivity index (χ1) is 12.2. The quantitative estimate of drug-likeness (QED) is 0.698. The molecule has 4 nitrogen and oxygen atoms in total. The molecule has 2 aromatic rings. The molecule has 1 N–H and O–H groups in total. The van der Waals surface area contributed by atoms with Crippen molar-refractivity contribution < 1.29 is 13.2 Å². The zero-order valence-electron chi connectivity index (χ0n) is 16.3. The maximum atomic E-state index is 12.6. The van der Waals surface area contributed by atoms with Crippen molar-refractivity contribution in [1.82, 2.24) is 4.72 Å². The summed E-state index contributed by atoms with van der Waals surface area (Å²) in [5.74, 6) is 1.22. The van der Waals surface area contributed by atoms with Crippen LogP contribution in [-0.4, -0.2) is 22.1 Å². The van der Waals surface area contributed by atoms with E-state index in [1.165, 1.54) is 11.1 Å². The third-order valence-corrected chi connectivity index (χ3v) is 6.17. The Morgan fingerprint density at radius 3 is 2.27 bits per heavy atom. The van der Waals surface area contributed by atoms with Crippen molar-refractivity contribution in [3.8, 4) is 5.75 Å². The highest BCUT2D eigenvalue weighted by atomic mass is 32.2. The third kappa shape index (κ3) is 5.08. The molecule has 0 heterocycles. The van der Waals surface area contributed by atoms with Gasteiger partial charge in [0, 0.05) is 6.54 Å². The molecule has 5 heteroatoms. The summed E-state index contributed by atoms with van der Waals surface area (Å²) in [6.07, 6.45) is 1.61. The average molecular weight is 376 g/mol. The summed E-state index contributed by atoms with van der Waals surface area (Å²) in [6, 6.07) is 12.0. The topological polar surface area (TPSA) is 55.4 Å². The van der Waals surface area contributed by atoms with E-state index < -0.39 is 10.0 Å². The monoisotopic (exact) mass is 375 g/mol. The molecular formula is C21H29NO3S. The van der Waals surface area contributed by atoms with Crippen molar-refractivity contribution in [2.45, 2.75) is 51.3 Å². The molecule has 0 aromatic heterocycles. The van der Waals surface area contributed by atoms with Crippen LogP contribution in [0.2, 0.25) is 0 Å². The SMILES string of the molecule is COc1cc(C)c(S(=O)(=O)NCCCc2ccc(C(C)C)cc2)cc1C. The highest BCUT2D eigenvalue weighted by molar-refractivity contribution is 7.89. The first kappa shape index (κ1) is 20.5. The number of rotatable bonds is 8. The largest absolute Gasteiger partial charge is 0.496 e.